The highest BCUT2D eigenvalue weighted by atomic mass is 16.5. The highest BCUT2D eigenvalue weighted by Gasteiger charge is 2.48. The van der Waals surface area contributed by atoms with Gasteiger partial charge in [0.1, 0.15) is 6.10 Å². The molecule has 0 amide bonds. The fourth-order valence-electron chi connectivity index (χ4n) is 4.13. The van der Waals surface area contributed by atoms with Gasteiger partial charge in [-0.2, -0.15) is 0 Å². The van der Waals surface area contributed by atoms with E-state index in [-0.39, 0.29) is 12.1 Å². The summed E-state index contributed by atoms with van der Waals surface area (Å²) in [5, 5.41) is 0. The van der Waals surface area contributed by atoms with Crippen LogP contribution in [-0.2, 0) is 9.53 Å². The van der Waals surface area contributed by atoms with Crippen LogP contribution in [0.4, 0.5) is 0 Å². The molecule has 4 atom stereocenters. The van der Waals surface area contributed by atoms with Crippen molar-refractivity contribution in [3.63, 3.8) is 0 Å². The molecule has 2 aliphatic rings. The van der Waals surface area contributed by atoms with Crippen LogP contribution in [0.5, 0.6) is 0 Å². The first-order valence-electron chi connectivity index (χ1n) is 8.21. The van der Waals surface area contributed by atoms with E-state index >= 15 is 0 Å². The van der Waals surface area contributed by atoms with E-state index in [1.54, 1.807) is 6.33 Å². The van der Waals surface area contributed by atoms with Gasteiger partial charge in [-0.1, -0.05) is 30.3 Å². The number of carbonyl (C=O) groups is 1. The first-order valence-corrected chi connectivity index (χ1v) is 8.21. The zero-order valence-electron chi connectivity index (χ0n) is 12.9. The van der Waals surface area contributed by atoms with Gasteiger partial charge in [-0.05, 0) is 42.7 Å². The molecule has 0 saturated heterocycles. The van der Waals surface area contributed by atoms with Gasteiger partial charge in [-0.3, -0.25) is 0 Å². The average molecular weight is 308 g/mol. The summed E-state index contributed by atoms with van der Waals surface area (Å²) in [6.07, 6.45) is 10.3. The first kappa shape index (κ1) is 14.2. The van der Waals surface area contributed by atoms with Crippen LogP contribution in [0.15, 0.2) is 48.9 Å². The van der Waals surface area contributed by atoms with Crippen molar-refractivity contribution in [2.24, 2.45) is 11.8 Å². The number of aromatic nitrogens is 2. The molecular weight excluding hydrogens is 288 g/mol. The third kappa shape index (κ3) is 2.93. The third-order valence-corrected chi connectivity index (χ3v) is 5.19. The third-order valence-electron chi connectivity index (χ3n) is 5.19. The van der Waals surface area contributed by atoms with Crippen LogP contribution in [0.1, 0.15) is 36.4 Å². The molecule has 4 rings (SSSR count). The summed E-state index contributed by atoms with van der Waals surface area (Å²) < 4.78 is 5.68. The maximum Gasteiger partial charge on any atom is 0.331 e. The summed E-state index contributed by atoms with van der Waals surface area (Å²) in [5.41, 5.74) is 2.24. The summed E-state index contributed by atoms with van der Waals surface area (Å²) >= 11 is 0. The summed E-state index contributed by atoms with van der Waals surface area (Å²) in [5.74, 6) is 1.42. The quantitative estimate of drug-likeness (QED) is 0.694. The predicted molar refractivity (Wildman–Crippen MR) is 87.5 cm³/mol. The molecule has 2 aromatic rings. The number of nitrogens with zero attached hydrogens (tertiary/aromatic N) is 1. The van der Waals surface area contributed by atoms with Gasteiger partial charge in [0.15, 0.2) is 0 Å². The van der Waals surface area contributed by atoms with Crippen molar-refractivity contribution in [1.29, 1.82) is 0 Å². The molecule has 1 aromatic heterocycles. The molecule has 0 aliphatic heterocycles. The van der Waals surface area contributed by atoms with Crippen LogP contribution in [0, 0.1) is 11.8 Å². The molecule has 4 nitrogen and oxygen atoms in total. The highest BCUT2D eigenvalue weighted by Crippen LogP contribution is 2.53. The average Bonchev–Trinajstić information content (AvgIpc) is 3.30. The van der Waals surface area contributed by atoms with Crippen LogP contribution in [0.25, 0.3) is 6.08 Å². The van der Waals surface area contributed by atoms with Crippen molar-refractivity contribution in [2.75, 3.05) is 0 Å². The van der Waals surface area contributed by atoms with E-state index in [0.29, 0.717) is 17.8 Å². The summed E-state index contributed by atoms with van der Waals surface area (Å²) in [6, 6.07) is 9.81. The van der Waals surface area contributed by atoms with E-state index in [9.17, 15) is 4.79 Å². The zero-order chi connectivity index (χ0) is 15.6. The van der Waals surface area contributed by atoms with Gasteiger partial charge in [0.05, 0.1) is 6.33 Å². The Balaban J connectivity index is 1.33. The van der Waals surface area contributed by atoms with Gasteiger partial charge in [0.2, 0.25) is 0 Å². The molecule has 2 bridgehead atoms. The standard InChI is InChI=1S/C19H20N2O2/c22-19(7-6-13-4-2-1-3-5-13)23-18-10-14-8-15(18)9-16(14)17-11-20-12-21-17/h1-7,11-12,14-16,18H,8-10H2,(H,20,21)/t14?,15?,16-,18+/m0/s1. The lowest BCUT2D eigenvalue weighted by Gasteiger charge is -2.26. The molecule has 2 saturated carbocycles. The van der Waals surface area contributed by atoms with Crippen LogP contribution in [0.2, 0.25) is 0 Å². The van der Waals surface area contributed by atoms with Crippen molar-refractivity contribution in [1.82, 2.24) is 9.97 Å². The van der Waals surface area contributed by atoms with E-state index in [1.165, 1.54) is 11.8 Å². The predicted octanol–water partition coefficient (Wildman–Crippen LogP) is 3.55. The van der Waals surface area contributed by atoms with Gasteiger partial charge >= 0.3 is 5.97 Å². The number of ether oxygens (including phenoxy) is 1. The van der Waals surface area contributed by atoms with Crippen molar-refractivity contribution in [3.05, 3.63) is 60.2 Å². The van der Waals surface area contributed by atoms with Crippen LogP contribution in [-0.4, -0.2) is 22.0 Å². The van der Waals surface area contributed by atoms with Gasteiger partial charge in [-0.25, -0.2) is 9.78 Å². The van der Waals surface area contributed by atoms with Crippen LogP contribution >= 0.6 is 0 Å². The Labute approximate surface area is 135 Å². The van der Waals surface area contributed by atoms with Gasteiger partial charge in [0, 0.05) is 23.9 Å². The molecule has 1 N–H and O–H groups in total. The number of aromatic amines is 1. The Kier molecular flexibility index (Phi) is 3.74. The zero-order valence-corrected chi connectivity index (χ0v) is 12.9. The lowest BCUT2D eigenvalue weighted by atomic mass is 9.85. The first-order chi connectivity index (χ1) is 11.3. The molecule has 0 radical (unpaired) electrons. The van der Waals surface area contributed by atoms with Gasteiger partial charge < -0.3 is 9.72 Å². The summed E-state index contributed by atoms with van der Waals surface area (Å²) in [6.45, 7) is 0. The molecular formula is C19H20N2O2. The lowest BCUT2D eigenvalue weighted by Crippen LogP contribution is -2.26. The van der Waals surface area contributed by atoms with E-state index in [0.717, 1.165) is 24.8 Å². The Morgan fingerprint density at radius 2 is 2.04 bits per heavy atom. The Bertz CT molecular complexity index is 693. The normalized spacial score (nSPS) is 29.2. The molecule has 23 heavy (non-hydrogen) atoms. The second-order valence-corrected chi connectivity index (χ2v) is 6.56. The number of esters is 1. The smallest absolute Gasteiger partial charge is 0.331 e. The molecule has 118 valence electrons. The largest absolute Gasteiger partial charge is 0.459 e. The van der Waals surface area contributed by atoms with E-state index in [4.69, 9.17) is 4.74 Å². The van der Waals surface area contributed by atoms with Gasteiger partial charge in [-0.15, -0.1) is 0 Å². The number of nitrogens with one attached hydrogen (secondary N) is 1. The van der Waals surface area contributed by atoms with Crippen molar-refractivity contribution >= 4 is 12.0 Å². The number of carbonyl (C=O) groups excluding carboxylic acids is 1. The van der Waals surface area contributed by atoms with Crippen LogP contribution < -0.4 is 0 Å². The number of rotatable bonds is 4. The molecule has 2 aliphatic carbocycles. The lowest BCUT2D eigenvalue weighted by molar-refractivity contribution is -0.145. The van der Waals surface area contributed by atoms with Crippen molar-refractivity contribution < 1.29 is 9.53 Å². The second-order valence-electron chi connectivity index (χ2n) is 6.56. The Hall–Kier alpha value is -2.36. The fourth-order valence-corrected chi connectivity index (χ4v) is 4.13. The molecule has 0 spiro atoms. The second kappa shape index (κ2) is 6.03. The number of imidazole rings is 1. The monoisotopic (exact) mass is 308 g/mol. The molecule has 1 aromatic carbocycles. The maximum atomic E-state index is 12.0. The van der Waals surface area contributed by atoms with Crippen molar-refractivity contribution in [2.45, 2.75) is 31.3 Å². The minimum absolute atomic E-state index is 0.0760. The number of hydrogen-bond donors (Lipinski definition) is 1. The molecule has 2 fully saturated rings. The molecule has 4 heteroatoms. The van der Waals surface area contributed by atoms with Crippen LogP contribution in [0.3, 0.4) is 0 Å². The minimum atomic E-state index is -0.232. The topological polar surface area (TPSA) is 55.0 Å². The minimum Gasteiger partial charge on any atom is -0.459 e. The highest BCUT2D eigenvalue weighted by molar-refractivity contribution is 5.87. The van der Waals surface area contributed by atoms with E-state index in [1.807, 2.05) is 42.6 Å². The fraction of sp³-hybridized carbons (Fsp3) is 0.368. The summed E-state index contributed by atoms with van der Waals surface area (Å²) in [7, 11) is 0. The Morgan fingerprint density at radius 3 is 2.74 bits per heavy atom. The number of benzene rings is 1. The molecule has 1 heterocycles. The van der Waals surface area contributed by atoms with Crippen molar-refractivity contribution in [3.8, 4) is 0 Å². The van der Waals surface area contributed by atoms with Gasteiger partial charge in [0.25, 0.3) is 0 Å². The number of fused-ring (bicyclic) bond motifs is 2. The number of hydrogen-bond acceptors (Lipinski definition) is 3. The maximum absolute atomic E-state index is 12.0. The SMILES string of the molecule is O=C(C=Cc1ccccc1)O[C@@H]1CC2CC1C[C@@H]2c1cnc[nH]1. The summed E-state index contributed by atoms with van der Waals surface area (Å²) in [4.78, 5) is 19.4. The number of H-pyrrole nitrogens is 1. The molecule has 2 unspecified atom stereocenters. The van der Waals surface area contributed by atoms with E-state index in [2.05, 4.69) is 9.97 Å². The van der Waals surface area contributed by atoms with E-state index < -0.39 is 0 Å². The Morgan fingerprint density at radius 1 is 1.17 bits per heavy atom.